The molecule has 52 heavy (non-hydrogen) atoms. The van der Waals surface area contributed by atoms with Gasteiger partial charge in [0.2, 0.25) is 5.95 Å². The fourth-order valence-corrected chi connectivity index (χ4v) is 8.64. The van der Waals surface area contributed by atoms with Crippen LogP contribution in [-0.2, 0) is 0 Å². The van der Waals surface area contributed by atoms with Crippen LogP contribution in [0.2, 0.25) is 0 Å². The zero-order chi connectivity index (χ0) is 33.9. The summed E-state index contributed by atoms with van der Waals surface area (Å²) in [6.07, 6.45) is 0. The van der Waals surface area contributed by atoms with Crippen molar-refractivity contribution >= 4 is 81.4 Å². The Morgan fingerprint density at radius 1 is 0.365 bits per heavy atom. The van der Waals surface area contributed by atoms with Gasteiger partial charge in [-0.3, -0.25) is 4.57 Å². The van der Waals surface area contributed by atoms with Crippen LogP contribution in [0, 0.1) is 0 Å². The van der Waals surface area contributed by atoms with Gasteiger partial charge < -0.3 is 4.40 Å². The Hall–Kier alpha value is -7.11. The second kappa shape index (κ2) is 10.2. The molecule has 0 unspecified atom stereocenters. The highest BCUT2D eigenvalue weighted by Gasteiger charge is 2.25. The lowest BCUT2D eigenvalue weighted by Crippen LogP contribution is -2.06. The van der Waals surface area contributed by atoms with Crippen molar-refractivity contribution in [2.45, 2.75) is 0 Å². The summed E-state index contributed by atoms with van der Waals surface area (Å²) in [5, 5.41) is 12.0. The second-order valence-electron chi connectivity index (χ2n) is 13.6. The first kappa shape index (κ1) is 27.7. The van der Waals surface area contributed by atoms with E-state index < -0.39 is 0 Å². The summed E-state index contributed by atoms with van der Waals surface area (Å²) in [5.41, 5.74) is 7.63. The van der Waals surface area contributed by atoms with E-state index in [1.54, 1.807) is 0 Å². The summed E-state index contributed by atoms with van der Waals surface area (Å²) >= 11 is 0. The Balaban J connectivity index is 1.28. The van der Waals surface area contributed by atoms with E-state index in [2.05, 4.69) is 155 Å². The first-order valence-electron chi connectivity index (χ1n) is 17.6. The molecule has 0 aliphatic carbocycles. The quantitative estimate of drug-likeness (QED) is 0.189. The van der Waals surface area contributed by atoms with E-state index in [9.17, 15) is 0 Å². The van der Waals surface area contributed by atoms with Crippen LogP contribution >= 0.6 is 0 Å². The van der Waals surface area contributed by atoms with Crippen molar-refractivity contribution in [3.63, 3.8) is 0 Å². The van der Waals surface area contributed by atoms with Gasteiger partial charge in [-0.2, -0.15) is 9.97 Å². The monoisotopic (exact) mass is 661 g/mol. The van der Waals surface area contributed by atoms with Crippen LogP contribution in [0.1, 0.15) is 0 Å². The molecule has 12 rings (SSSR count). The largest absolute Gasteiger partial charge is 0.308 e. The minimum absolute atomic E-state index is 0.593. The fraction of sp³-hybridized carbons (Fsp3) is 0. The number of aromatic nitrogens is 5. The Morgan fingerprint density at radius 2 is 1.02 bits per heavy atom. The van der Waals surface area contributed by atoms with E-state index in [1.807, 2.05) is 18.2 Å². The zero-order valence-corrected chi connectivity index (χ0v) is 27.8. The number of nitrogens with zero attached hydrogens (tertiary/aromatic N) is 5. The standard InChI is InChI=1S/C47H27N5/c1-2-13-29(14-3-1)45-48-46(36-21-10-17-28-12-6-7-18-32(28)36)50-47(49-45)52-39-23-11-20-34-37-26-30-15-4-5-16-31(30)27-41(37)51-38-22-9-8-19-33(38)35-24-25-40(52)43(42(34)39)44(35)51/h1-27H. The van der Waals surface area contributed by atoms with Crippen molar-refractivity contribution in [2.24, 2.45) is 0 Å². The molecule has 0 saturated heterocycles. The molecule has 0 aliphatic heterocycles. The predicted molar refractivity (Wildman–Crippen MR) is 215 cm³/mol. The summed E-state index contributed by atoms with van der Waals surface area (Å²) in [6.45, 7) is 0. The van der Waals surface area contributed by atoms with E-state index in [1.165, 1.54) is 59.6 Å². The third-order valence-corrected chi connectivity index (χ3v) is 10.9. The molecule has 0 amide bonds. The Bertz CT molecular complexity index is 3400. The van der Waals surface area contributed by atoms with Crippen LogP contribution in [0.15, 0.2) is 164 Å². The molecule has 0 saturated carbocycles. The van der Waals surface area contributed by atoms with E-state index >= 15 is 0 Å². The highest BCUT2D eigenvalue weighted by Crippen LogP contribution is 2.45. The average Bonchev–Trinajstić information content (AvgIpc) is 3.69. The topological polar surface area (TPSA) is 48.0 Å². The van der Waals surface area contributed by atoms with Crippen LogP contribution < -0.4 is 0 Å². The second-order valence-corrected chi connectivity index (χ2v) is 13.6. The number of hydrogen-bond donors (Lipinski definition) is 0. The molecule has 0 spiro atoms. The molecule has 12 aromatic rings. The summed E-state index contributed by atoms with van der Waals surface area (Å²) < 4.78 is 4.74. The van der Waals surface area contributed by atoms with Crippen LogP contribution in [0.4, 0.5) is 0 Å². The maximum atomic E-state index is 5.33. The molecule has 0 aliphatic rings. The molecule has 0 bridgehead atoms. The Kier molecular flexibility index (Phi) is 5.44. The Morgan fingerprint density at radius 3 is 1.90 bits per heavy atom. The van der Waals surface area contributed by atoms with Gasteiger partial charge in [0, 0.05) is 38.1 Å². The van der Waals surface area contributed by atoms with Crippen molar-refractivity contribution in [3.05, 3.63) is 164 Å². The molecule has 4 aromatic heterocycles. The van der Waals surface area contributed by atoms with Gasteiger partial charge in [0.1, 0.15) is 0 Å². The van der Waals surface area contributed by atoms with E-state index in [4.69, 9.17) is 15.0 Å². The molecule has 0 fully saturated rings. The third-order valence-electron chi connectivity index (χ3n) is 10.9. The smallest absolute Gasteiger partial charge is 0.238 e. The minimum Gasteiger partial charge on any atom is -0.308 e. The number of hydrogen-bond acceptors (Lipinski definition) is 3. The van der Waals surface area contributed by atoms with Crippen LogP contribution in [0.25, 0.3) is 110 Å². The van der Waals surface area contributed by atoms with Gasteiger partial charge in [-0.25, -0.2) is 4.98 Å². The molecule has 8 aromatic carbocycles. The molecule has 5 heteroatoms. The van der Waals surface area contributed by atoms with Crippen molar-refractivity contribution in [2.75, 3.05) is 0 Å². The molecule has 5 nitrogen and oxygen atoms in total. The third kappa shape index (κ3) is 3.69. The molecule has 0 radical (unpaired) electrons. The maximum Gasteiger partial charge on any atom is 0.238 e. The molecule has 0 atom stereocenters. The lowest BCUT2D eigenvalue weighted by atomic mass is 10.0. The van der Waals surface area contributed by atoms with E-state index in [0.717, 1.165) is 32.9 Å². The van der Waals surface area contributed by atoms with Crippen molar-refractivity contribution in [1.29, 1.82) is 0 Å². The number of benzene rings is 8. The first-order valence-corrected chi connectivity index (χ1v) is 17.6. The molecule has 4 heterocycles. The number of fused-ring (bicyclic) bond motifs is 8. The minimum atomic E-state index is 0.593. The van der Waals surface area contributed by atoms with Gasteiger partial charge in [0.15, 0.2) is 11.6 Å². The average molecular weight is 662 g/mol. The zero-order valence-electron chi connectivity index (χ0n) is 27.8. The number of para-hydroxylation sites is 1. The van der Waals surface area contributed by atoms with Gasteiger partial charge in [-0.15, -0.1) is 0 Å². The van der Waals surface area contributed by atoms with E-state index in [-0.39, 0.29) is 0 Å². The van der Waals surface area contributed by atoms with Gasteiger partial charge in [0.05, 0.1) is 27.6 Å². The molecule has 240 valence electrons. The summed E-state index contributed by atoms with van der Waals surface area (Å²) in [4.78, 5) is 15.7. The van der Waals surface area contributed by atoms with Gasteiger partial charge in [0.25, 0.3) is 0 Å². The normalized spacial score (nSPS) is 12.2. The van der Waals surface area contributed by atoms with Gasteiger partial charge in [-0.1, -0.05) is 133 Å². The lowest BCUT2D eigenvalue weighted by molar-refractivity contribution is 0.954. The Labute approximate surface area is 297 Å². The highest BCUT2D eigenvalue weighted by atomic mass is 15.2. The van der Waals surface area contributed by atoms with Crippen LogP contribution in [-0.4, -0.2) is 23.9 Å². The molecular weight excluding hydrogens is 635 g/mol. The van der Waals surface area contributed by atoms with E-state index in [0.29, 0.717) is 17.6 Å². The summed E-state index contributed by atoms with van der Waals surface area (Å²) in [7, 11) is 0. The maximum absolute atomic E-state index is 5.33. The summed E-state index contributed by atoms with van der Waals surface area (Å²) in [6, 6.07) is 58.4. The predicted octanol–water partition coefficient (Wildman–Crippen LogP) is 11.8. The highest BCUT2D eigenvalue weighted by molar-refractivity contribution is 6.33. The summed E-state index contributed by atoms with van der Waals surface area (Å²) in [5.74, 6) is 1.87. The SMILES string of the molecule is c1ccc(-c2nc(-c3cccc4ccccc34)nc(-n3c4cccc5c6cc7ccccc7cc6n6c7ccccc7c7ccc3c(c54)c76)n2)cc1. The van der Waals surface area contributed by atoms with Gasteiger partial charge >= 0.3 is 0 Å². The van der Waals surface area contributed by atoms with Crippen LogP contribution in [0.5, 0.6) is 0 Å². The molecule has 0 N–H and O–H groups in total. The van der Waals surface area contributed by atoms with Crippen LogP contribution in [0.3, 0.4) is 0 Å². The van der Waals surface area contributed by atoms with Crippen molar-refractivity contribution in [1.82, 2.24) is 23.9 Å². The number of rotatable bonds is 3. The first-order chi connectivity index (χ1) is 25.8. The lowest BCUT2D eigenvalue weighted by Gasteiger charge is -2.12. The fourth-order valence-electron chi connectivity index (χ4n) is 8.64. The van der Waals surface area contributed by atoms with Crippen molar-refractivity contribution < 1.29 is 0 Å². The van der Waals surface area contributed by atoms with Gasteiger partial charge in [-0.05, 0) is 57.3 Å². The van der Waals surface area contributed by atoms with Crippen molar-refractivity contribution in [3.8, 4) is 28.7 Å². The molecular formula is C47H27N5.